The van der Waals surface area contributed by atoms with Crippen molar-refractivity contribution in [1.82, 2.24) is 24.8 Å². The highest BCUT2D eigenvalue weighted by Crippen LogP contribution is 2.30. The van der Waals surface area contributed by atoms with Crippen LogP contribution in [0.4, 0.5) is 0 Å². The van der Waals surface area contributed by atoms with Crippen molar-refractivity contribution in [2.75, 3.05) is 146 Å². The minimum atomic E-state index is -0.576. The summed E-state index contributed by atoms with van der Waals surface area (Å²) in [6.45, 7) is 13.0. The van der Waals surface area contributed by atoms with E-state index in [1.165, 1.54) is 14.2 Å². The van der Waals surface area contributed by atoms with Gasteiger partial charge in [-0.3, -0.25) is 9.80 Å². The van der Waals surface area contributed by atoms with E-state index in [0.717, 1.165) is 59.6 Å². The molecule has 17 heteroatoms. The Bertz CT molecular complexity index is 2180. The van der Waals surface area contributed by atoms with Gasteiger partial charge in [-0.15, -0.1) is 0 Å². The zero-order chi connectivity index (χ0) is 48.6. The number of esters is 2. The van der Waals surface area contributed by atoms with Crippen molar-refractivity contribution < 1.29 is 57.0 Å². The summed E-state index contributed by atoms with van der Waals surface area (Å²) in [5, 5.41) is 0. The van der Waals surface area contributed by atoms with E-state index in [9.17, 15) is 9.59 Å². The fraction of sp³-hybridized carbons (Fsp3) is 0.453. The predicted molar refractivity (Wildman–Crippen MR) is 261 cm³/mol. The van der Waals surface area contributed by atoms with Crippen LogP contribution in [0.15, 0.2) is 91.0 Å². The minimum Gasteiger partial charge on any atom is -0.464 e. The van der Waals surface area contributed by atoms with Gasteiger partial charge in [-0.05, 0) is 69.8 Å². The Morgan fingerprint density at radius 1 is 0.400 bits per heavy atom. The van der Waals surface area contributed by atoms with Crippen molar-refractivity contribution >= 4 is 11.9 Å². The topological polar surface area (TPSA) is 172 Å². The second-order valence-electron chi connectivity index (χ2n) is 16.5. The molecule has 0 amide bonds. The van der Waals surface area contributed by atoms with Crippen molar-refractivity contribution in [2.45, 2.75) is 13.1 Å². The van der Waals surface area contributed by atoms with E-state index >= 15 is 0 Å². The van der Waals surface area contributed by atoms with Crippen LogP contribution in [0.25, 0.3) is 45.0 Å². The quantitative estimate of drug-likeness (QED) is 0.152. The second-order valence-corrected chi connectivity index (χ2v) is 16.5. The zero-order valence-electron chi connectivity index (χ0n) is 40.4. The van der Waals surface area contributed by atoms with Gasteiger partial charge in [0.25, 0.3) is 0 Å². The lowest BCUT2D eigenvalue weighted by molar-refractivity contribution is 0.00206. The number of rotatable bonds is 10. The van der Waals surface area contributed by atoms with Crippen LogP contribution in [-0.2, 0) is 60.5 Å². The van der Waals surface area contributed by atoms with Gasteiger partial charge in [-0.1, -0.05) is 54.6 Å². The molecule has 2 aliphatic rings. The van der Waals surface area contributed by atoms with Crippen molar-refractivity contribution in [3.05, 3.63) is 114 Å². The molecule has 0 atom stereocenters. The van der Waals surface area contributed by atoms with Crippen LogP contribution in [0, 0.1) is 0 Å². The van der Waals surface area contributed by atoms with Gasteiger partial charge in [0.1, 0.15) is 11.4 Å². The maximum absolute atomic E-state index is 13.0. The van der Waals surface area contributed by atoms with Crippen LogP contribution >= 0.6 is 0 Å². The first-order valence-corrected chi connectivity index (χ1v) is 23.9. The first-order valence-electron chi connectivity index (χ1n) is 23.9. The third kappa shape index (κ3) is 16.8. The molecule has 374 valence electrons. The molecular formula is C53H65N5O12. The molecule has 7 rings (SSSR count). The van der Waals surface area contributed by atoms with E-state index in [-0.39, 0.29) is 11.4 Å². The molecule has 2 saturated heterocycles. The monoisotopic (exact) mass is 963 g/mol. The molecule has 0 saturated carbocycles. The number of ether oxygens (including phenoxy) is 10. The van der Waals surface area contributed by atoms with E-state index in [2.05, 4.69) is 34.1 Å². The van der Waals surface area contributed by atoms with Crippen molar-refractivity contribution in [3.63, 3.8) is 0 Å². The summed E-state index contributed by atoms with van der Waals surface area (Å²) >= 11 is 0. The van der Waals surface area contributed by atoms with Crippen LogP contribution < -0.4 is 0 Å². The van der Waals surface area contributed by atoms with Crippen LogP contribution in [-0.4, -0.2) is 183 Å². The molecular weight excluding hydrogens is 899 g/mol. The zero-order valence-corrected chi connectivity index (χ0v) is 40.4. The molecule has 2 aromatic carbocycles. The molecule has 70 heavy (non-hydrogen) atoms. The summed E-state index contributed by atoms with van der Waals surface area (Å²) in [7, 11) is 2.66. The molecule has 2 aliphatic heterocycles. The molecule has 0 bridgehead atoms. The summed E-state index contributed by atoms with van der Waals surface area (Å²) < 4.78 is 55.9. The maximum Gasteiger partial charge on any atom is 0.356 e. The third-order valence-corrected chi connectivity index (χ3v) is 11.5. The first kappa shape index (κ1) is 52.3. The van der Waals surface area contributed by atoms with E-state index in [1.54, 1.807) is 12.1 Å². The second kappa shape index (κ2) is 28.9. The van der Waals surface area contributed by atoms with Crippen molar-refractivity contribution in [2.24, 2.45) is 0 Å². The maximum atomic E-state index is 13.0. The van der Waals surface area contributed by atoms with Gasteiger partial charge in [0.2, 0.25) is 0 Å². The number of benzene rings is 2. The fourth-order valence-corrected chi connectivity index (χ4v) is 7.75. The molecule has 0 unspecified atom stereocenters. The molecule has 5 aromatic rings. The van der Waals surface area contributed by atoms with Crippen LogP contribution in [0.5, 0.6) is 0 Å². The Kier molecular flexibility index (Phi) is 21.6. The number of hydrogen-bond acceptors (Lipinski definition) is 17. The standard InChI is InChI=1S/C53H65N5O12/c1-61-52(59)50-36-44(42-10-6-40(7-11-42)38-57-14-18-63-22-26-67-30-31-68-27-23-64-19-15-57)34-48(55-50)46-4-3-5-47(54-46)49-35-45(37-51(56-49)53(60)62-2)43-12-8-41(9-13-43)39-58-16-20-65-24-28-69-32-33-70-29-25-66-21-17-58/h3-13,34-37H,14-33,38-39H2,1-2H3. The molecule has 0 aliphatic carbocycles. The van der Waals surface area contributed by atoms with Gasteiger partial charge in [-0.25, -0.2) is 24.5 Å². The molecule has 5 heterocycles. The van der Waals surface area contributed by atoms with E-state index in [1.807, 2.05) is 54.6 Å². The minimum absolute atomic E-state index is 0.135. The summed E-state index contributed by atoms with van der Waals surface area (Å²) in [5.41, 5.74) is 7.70. The highest BCUT2D eigenvalue weighted by molar-refractivity contribution is 5.91. The SMILES string of the molecule is COC(=O)c1cc(-c2ccc(CN3CCOCCOCCOCCOCC3)cc2)cc(-c2cccc(-c3cc(-c4ccc(CN5CCOCCOCCOCCOCC5)cc4)cc(C(=O)OC)n3)n2)n1. The van der Waals surface area contributed by atoms with Gasteiger partial charge < -0.3 is 47.4 Å². The van der Waals surface area contributed by atoms with Crippen molar-refractivity contribution in [3.8, 4) is 45.0 Å². The molecule has 0 N–H and O–H groups in total. The first-order chi connectivity index (χ1) is 34.4. The molecule has 3 aromatic heterocycles. The van der Waals surface area contributed by atoms with Crippen LogP contribution in [0.3, 0.4) is 0 Å². The number of methoxy groups -OCH3 is 2. The Morgan fingerprint density at radius 3 is 1.03 bits per heavy atom. The Morgan fingerprint density at radius 2 is 0.714 bits per heavy atom. The Labute approximate surface area is 410 Å². The molecule has 0 spiro atoms. The highest BCUT2D eigenvalue weighted by Gasteiger charge is 2.18. The van der Waals surface area contributed by atoms with Gasteiger partial charge >= 0.3 is 11.9 Å². The number of pyridine rings is 3. The summed E-state index contributed by atoms with van der Waals surface area (Å²) in [6, 6.07) is 29.2. The number of nitrogens with zero attached hydrogens (tertiary/aromatic N) is 5. The average molecular weight is 964 g/mol. The lowest BCUT2D eigenvalue weighted by Gasteiger charge is -2.22. The van der Waals surface area contributed by atoms with E-state index < -0.39 is 11.9 Å². The Hall–Kier alpha value is -5.57. The van der Waals surface area contributed by atoms with Gasteiger partial charge in [0, 0.05) is 39.3 Å². The Balaban J connectivity index is 1.08. The lowest BCUT2D eigenvalue weighted by atomic mass is 10.0. The average Bonchev–Trinajstić information content (AvgIpc) is 3.42. The summed E-state index contributed by atoms with van der Waals surface area (Å²) in [6.07, 6.45) is 0. The molecule has 0 radical (unpaired) electrons. The van der Waals surface area contributed by atoms with E-state index in [0.29, 0.717) is 142 Å². The normalized spacial score (nSPS) is 17.5. The summed E-state index contributed by atoms with van der Waals surface area (Å²) in [5.74, 6) is -1.15. The third-order valence-electron chi connectivity index (χ3n) is 11.5. The van der Waals surface area contributed by atoms with Crippen LogP contribution in [0.1, 0.15) is 32.1 Å². The smallest absolute Gasteiger partial charge is 0.356 e. The number of carbonyl (C=O) groups excluding carboxylic acids is 2. The number of hydrogen-bond donors (Lipinski definition) is 0. The molecule has 2 fully saturated rings. The predicted octanol–water partition coefficient (Wildman–Crippen LogP) is 5.88. The largest absolute Gasteiger partial charge is 0.464 e. The van der Waals surface area contributed by atoms with E-state index in [4.69, 9.17) is 62.3 Å². The lowest BCUT2D eigenvalue weighted by Crippen LogP contribution is -2.31. The summed E-state index contributed by atoms with van der Waals surface area (Å²) in [4.78, 5) is 45.1. The highest BCUT2D eigenvalue weighted by atomic mass is 16.6. The van der Waals surface area contributed by atoms with Gasteiger partial charge in [0.05, 0.1) is 143 Å². The number of aromatic nitrogens is 3. The van der Waals surface area contributed by atoms with Crippen molar-refractivity contribution in [1.29, 1.82) is 0 Å². The van der Waals surface area contributed by atoms with Gasteiger partial charge in [0.15, 0.2) is 0 Å². The van der Waals surface area contributed by atoms with Crippen LogP contribution in [0.2, 0.25) is 0 Å². The van der Waals surface area contributed by atoms with Gasteiger partial charge in [-0.2, -0.15) is 0 Å². The fourth-order valence-electron chi connectivity index (χ4n) is 7.75. The number of carbonyl (C=O) groups is 2. The molecule has 17 nitrogen and oxygen atoms in total.